The quantitative estimate of drug-likeness (QED) is 0.201. The van der Waals surface area contributed by atoms with Crippen molar-refractivity contribution in [3.8, 4) is 11.8 Å². The zero-order valence-electron chi connectivity index (χ0n) is 17.5. The van der Waals surface area contributed by atoms with E-state index in [2.05, 4.69) is 30.6 Å². The lowest BCUT2D eigenvalue weighted by atomic mass is 10.2. The van der Waals surface area contributed by atoms with Gasteiger partial charge in [-0.3, -0.25) is 4.98 Å². The van der Waals surface area contributed by atoms with Gasteiger partial charge in [0.05, 0.1) is 0 Å². The molecule has 7 nitrogen and oxygen atoms in total. The first-order valence-electron chi connectivity index (χ1n) is 9.88. The highest BCUT2D eigenvalue weighted by Crippen LogP contribution is 2.32. The first kappa shape index (κ1) is 23.7. The summed E-state index contributed by atoms with van der Waals surface area (Å²) in [4.78, 5) is 15.6. The van der Waals surface area contributed by atoms with Crippen molar-refractivity contribution in [2.75, 3.05) is 10.6 Å². The Morgan fingerprint density at radius 2 is 1.23 bits per heavy atom. The molecule has 2 aromatic carbocycles. The van der Waals surface area contributed by atoms with Crippen LogP contribution >= 0.6 is 0 Å². The van der Waals surface area contributed by atoms with Gasteiger partial charge in [0.2, 0.25) is 46.7 Å². The number of benzene rings is 2. The predicted molar refractivity (Wildman–Crippen MR) is 111 cm³/mol. The lowest BCUT2D eigenvalue weighted by Crippen LogP contribution is -2.11. The molecule has 0 aliphatic rings. The van der Waals surface area contributed by atoms with E-state index in [1.807, 2.05) is 0 Å². The SMILES string of the molecule is Fc1cccc(CNc2nc(NCc3ccncc3)nc(Oc3c(F)c(F)c(F)c(F)c3F)n2)c1. The predicted octanol–water partition coefficient (Wildman–Crippen LogP) is 5.12. The maximum atomic E-state index is 14.1. The Morgan fingerprint density at radius 3 is 1.83 bits per heavy atom. The van der Waals surface area contributed by atoms with Crippen LogP contribution in [-0.2, 0) is 13.1 Å². The van der Waals surface area contributed by atoms with Crippen molar-refractivity contribution in [2.24, 2.45) is 0 Å². The summed E-state index contributed by atoms with van der Waals surface area (Å²) in [6.45, 7) is 0.228. The molecule has 4 rings (SSSR count). The number of halogens is 6. The molecule has 0 unspecified atom stereocenters. The molecule has 2 aromatic heterocycles. The summed E-state index contributed by atoms with van der Waals surface area (Å²) < 4.78 is 86.9. The Hall–Kier alpha value is -4.42. The molecule has 13 heteroatoms. The number of nitrogens with zero attached hydrogens (tertiary/aromatic N) is 4. The fraction of sp³-hybridized carbons (Fsp3) is 0.0909. The van der Waals surface area contributed by atoms with Gasteiger partial charge < -0.3 is 15.4 Å². The van der Waals surface area contributed by atoms with Gasteiger partial charge in [-0.05, 0) is 35.4 Å². The monoisotopic (exact) mass is 492 g/mol. The highest BCUT2D eigenvalue weighted by Gasteiger charge is 2.28. The smallest absolute Gasteiger partial charge is 0.328 e. The van der Waals surface area contributed by atoms with E-state index in [0.717, 1.165) is 5.56 Å². The van der Waals surface area contributed by atoms with Crippen LogP contribution in [-0.4, -0.2) is 19.9 Å². The van der Waals surface area contributed by atoms with Gasteiger partial charge in [-0.1, -0.05) is 12.1 Å². The number of hydrogen-bond donors (Lipinski definition) is 2. The van der Waals surface area contributed by atoms with E-state index in [9.17, 15) is 26.3 Å². The zero-order chi connectivity index (χ0) is 24.9. The van der Waals surface area contributed by atoms with Gasteiger partial charge >= 0.3 is 6.01 Å². The largest absolute Gasteiger partial charge is 0.418 e. The molecule has 0 bridgehead atoms. The summed E-state index contributed by atoms with van der Waals surface area (Å²) in [6, 6.07) is 8.24. The van der Waals surface area contributed by atoms with E-state index in [4.69, 9.17) is 4.74 Å². The fourth-order valence-electron chi connectivity index (χ4n) is 2.84. The van der Waals surface area contributed by atoms with E-state index in [0.29, 0.717) is 5.56 Å². The maximum Gasteiger partial charge on any atom is 0.328 e. The average molecular weight is 492 g/mol. The first-order chi connectivity index (χ1) is 16.8. The molecule has 35 heavy (non-hydrogen) atoms. The van der Waals surface area contributed by atoms with Crippen LogP contribution in [0.5, 0.6) is 11.8 Å². The Kier molecular flexibility index (Phi) is 6.94. The molecular weight excluding hydrogens is 478 g/mol. The summed E-state index contributed by atoms with van der Waals surface area (Å²) in [7, 11) is 0. The van der Waals surface area contributed by atoms with Crippen molar-refractivity contribution in [3.63, 3.8) is 0 Å². The molecule has 0 spiro atoms. The van der Waals surface area contributed by atoms with Crippen LogP contribution in [0.1, 0.15) is 11.1 Å². The van der Waals surface area contributed by atoms with E-state index in [1.165, 1.54) is 18.2 Å². The third-order valence-corrected chi connectivity index (χ3v) is 4.52. The molecule has 2 heterocycles. The minimum absolute atomic E-state index is 0.0353. The summed E-state index contributed by atoms with van der Waals surface area (Å²) in [5.74, 6) is -13.5. The fourth-order valence-corrected chi connectivity index (χ4v) is 2.84. The van der Waals surface area contributed by atoms with Crippen LogP contribution in [0.2, 0.25) is 0 Å². The molecule has 4 aromatic rings. The lowest BCUT2D eigenvalue weighted by Gasteiger charge is -2.12. The Balaban J connectivity index is 1.64. The second kappa shape index (κ2) is 10.2. The number of aromatic nitrogens is 4. The normalized spacial score (nSPS) is 10.8. The van der Waals surface area contributed by atoms with Crippen LogP contribution in [0.15, 0.2) is 48.8 Å². The number of rotatable bonds is 8. The lowest BCUT2D eigenvalue weighted by molar-refractivity contribution is 0.322. The molecule has 0 saturated heterocycles. The van der Waals surface area contributed by atoms with Crippen molar-refractivity contribution >= 4 is 11.9 Å². The van der Waals surface area contributed by atoms with Gasteiger partial charge in [0.1, 0.15) is 5.82 Å². The van der Waals surface area contributed by atoms with E-state index in [1.54, 1.807) is 30.6 Å². The second-order valence-corrected chi connectivity index (χ2v) is 6.96. The van der Waals surface area contributed by atoms with Gasteiger partial charge in [0.25, 0.3) is 0 Å². The van der Waals surface area contributed by atoms with Gasteiger partial charge in [-0.15, -0.1) is 0 Å². The summed E-state index contributed by atoms with van der Waals surface area (Å²) >= 11 is 0. The van der Waals surface area contributed by atoms with Crippen LogP contribution in [0.3, 0.4) is 0 Å². The van der Waals surface area contributed by atoms with Crippen LogP contribution in [0.25, 0.3) is 0 Å². The van der Waals surface area contributed by atoms with Crippen LogP contribution < -0.4 is 15.4 Å². The molecule has 0 atom stereocenters. The molecule has 0 amide bonds. The number of anilines is 2. The van der Waals surface area contributed by atoms with Crippen LogP contribution in [0.4, 0.5) is 38.2 Å². The summed E-state index contributed by atoms with van der Waals surface area (Å²) in [5.41, 5.74) is 1.29. The van der Waals surface area contributed by atoms with Crippen molar-refractivity contribution in [1.82, 2.24) is 19.9 Å². The average Bonchev–Trinajstić information content (AvgIpc) is 2.87. The molecule has 0 aliphatic carbocycles. The number of hydrogen-bond acceptors (Lipinski definition) is 7. The van der Waals surface area contributed by atoms with Gasteiger partial charge in [-0.25, -0.2) is 17.6 Å². The molecule has 0 radical (unpaired) electrons. The Labute approximate surface area is 193 Å². The minimum atomic E-state index is -2.33. The number of pyridine rings is 1. The molecule has 2 N–H and O–H groups in total. The molecular formula is C22H14F6N6O. The molecule has 0 saturated carbocycles. The number of ether oxygens (including phenoxy) is 1. The van der Waals surface area contributed by atoms with Gasteiger partial charge in [-0.2, -0.15) is 23.7 Å². The summed E-state index contributed by atoms with van der Waals surface area (Å²) in [6.07, 6.45) is 3.10. The van der Waals surface area contributed by atoms with E-state index in [-0.39, 0.29) is 25.0 Å². The third-order valence-electron chi connectivity index (χ3n) is 4.52. The van der Waals surface area contributed by atoms with Crippen molar-refractivity contribution < 1.29 is 31.1 Å². The third kappa shape index (κ3) is 5.57. The topological polar surface area (TPSA) is 84.9 Å². The van der Waals surface area contributed by atoms with Gasteiger partial charge in [0, 0.05) is 25.5 Å². The van der Waals surface area contributed by atoms with Crippen molar-refractivity contribution in [2.45, 2.75) is 13.1 Å². The van der Waals surface area contributed by atoms with Crippen LogP contribution in [0, 0.1) is 34.9 Å². The first-order valence-corrected chi connectivity index (χ1v) is 9.88. The van der Waals surface area contributed by atoms with E-state index < -0.39 is 46.7 Å². The summed E-state index contributed by atoms with van der Waals surface area (Å²) in [5, 5.41) is 5.59. The Bertz CT molecular complexity index is 1330. The van der Waals surface area contributed by atoms with E-state index >= 15 is 0 Å². The zero-order valence-corrected chi connectivity index (χ0v) is 17.5. The van der Waals surface area contributed by atoms with Gasteiger partial charge in [0.15, 0.2) is 0 Å². The van der Waals surface area contributed by atoms with Crippen molar-refractivity contribution in [1.29, 1.82) is 0 Å². The molecule has 0 aliphatic heterocycles. The maximum absolute atomic E-state index is 14.1. The molecule has 0 fully saturated rings. The molecule has 180 valence electrons. The standard InChI is InChI=1S/C22H14F6N6O/c23-13-3-1-2-12(8-13)10-31-21-32-20(30-9-11-4-6-29-7-5-11)33-22(34-21)35-19-17(27)15(25)14(24)16(26)18(19)28/h1-8H,9-10H2,(H2,30,31,32,33,34). The highest BCUT2D eigenvalue weighted by molar-refractivity contribution is 5.39. The van der Waals surface area contributed by atoms with Crippen molar-refractivity contribution in [3.05, 3.63) is 94.8 Å². The Morgan fingerprint density at radius 1 is 0.657 bits per heavy atom. The second-order valence-electron chi connectivity index (χ2n) is 6.96. The minimum Gasteiger partial charge on any atom is -0.418 e. The number of nitrogens with one attached hydrogen (secondary N) is 2. The highest BCUT2D eigenvalue weighted by atomic mass is 19.2.